The average molecular weight is 659 g/mol. The molecule has 0 saturated heterocycles. The zero-order valence-corrected chi connectivity index (χ0v) is 25.7. The molecule has 0 aliphatic heterocycles. The summed E-state index contributed by atoms with van der Waals surface area (Å²) in [6.07, 6.45) is 0. The molecule has 0 aliphatic carbocycles. The predicted octanol–water partition coefficient (Wildman–Crippen LogP) is 11.7. The first kappa shape index (κ1) is 31.5. The number of hydrogen-bond acceptors (Lipinski definition) is 4. The molecular weight excluding hydrogens is 638 g/mol. The van der Waals surface area contributed by atoms with Gasteiger partial charge in [-0.2, -0.15) is 0 Å². The number of carbonyl (C=O) groups is 2. The Balaban J connectivity index is 0.000000216. The van der Waals surface area contributed by atoms with Crippen molar-refractivity contribution in [3.05, 3.63) is 121 Å². The number of anilines is 2. The Hall–Kier alpha value is -2.03. The molecule has 0 spiro atoms. The number of nitrogens with one attached hydrogen (secondary N) is 2. The third kappa shape index (κ3) is 11.2. The van der Waals surface area contributed by atoms with Crippen molar-refractivity contribution in [1.82, 2.24) is 0 Å². The molecule has 4 aromatic rings. The maximum Gasteiger partial charge on any atom is 0.288 e. The van der Waals surface area contributed by atoms with Crippen LogP contribution in [0.25, 0.3) is 0 Å². The molecule has 4 rings (SSSR count). The molecule has 2 amide bonds. The van der Waals surface area contributed by atoms with Gasteiger partial charge < -0.3 is 10.6 Å². The van der Waals surface area contributed by atoms with Crippen LogP contribution < -0.4 is 10.6 Å². The van der Waals surface area contributed by atoms with Crippen molar-refractivity contribution in [3.63, 3.8) is 0 Å². The topological polar surface area (TPSA) is 58.2 Å². The highest BCUT2D eigenvalue weighted by atomic mass is 35.5. The molecule has 0 aliphatic rings. The monoisotopic (exact) mass is 656 g/mol. The fraction of sp³-hybridized carbons (Fsp3) is 0.0714. The van der Waals surface area contributed by atoms with Crippen LogP contribution in [0.15, 0.2) is 89.8 Å². The van der Waals surface area contributed by atoms with E-state index in [4.69, 9.17) is 58.0 Å². The van der Waals surface area contributed by atoms with Gasteiger partial charge in [0.2, 0.25) is 0 Å². The Morgan fingerprint density at radius 3 is 1.74 bits per heavy atom. The van der Waals surface area contributed by atoms with Gasteiger partial charge in [-0.3, -0.25) is 9.59 Å². The maximum absolute atomic E-state index is 11.9. The molecule has 0 heterocycles. The normalized spacial score (nSPS) is 10.3. The largest absolute Gasteiger partial charge is 0.315 e. The van der Waals surface area contributed by atoms with Crippen molar-refractivity contribution in [3.8, 4) is 0 Å². The van der Waals surface area contributed by atoms with Crippen LogP contribution in [0.3, 0.4) is 0 Å². The number of hydrogen-bond donors (Lipinski definition) is 2. The lowest BCUT2D eigenvalue weighted by atomic mass is 10.2. The minimum absolute atomic E-state index is 0.134. The minimum atomic E-state index is -0.230. The molecule has 0 saturated carbocycles. The summed E-state index contributed by atoms with van der Waals surface area (Å²) >= 11 is 31.7. The second-order valence-corrected chi connectivity index (χ2v) is 12.0. The molecule has 0 unspecified atom stereocenters. The third-order valence-electron chi connectivity index (χ3n) is 4.84. The lowest BCUT2D eigenvalue weighted by molar-refractivity contribution is 0.269. The summed E-state index contributed by atoms with van der Waals surface area (Å²) in [6.45, 7) is 1.95. The summed E-state index contributed by atoms with van der Waals surface area (Å²) in [5.41, 5.74) is 3.26. The molecule has 202 valence electrons. The fourth-order valence-electron chi connectivity index (χ4n) is 2.93. The lowest BCUT2D eigenvalue weighted by Gasteiger charge is -2.07. The zero-order chi connectivity index (χ0) is 28.4. The zero-order valence-electron chi connectivity index (χ0n) is 20.3. The lowest BCUT2D eigenvalue weighted by Crippen LogP contribution is -2.05. The number of halogens is 5. The summed E-state index contributed by atoms with van der Waals surface area (Å²) in [7, 11) is 0. The van der Waals surface area contributed by atoms with Crippen LogP contribution in [0.4, 0.5) is 21.0 Å². The Kier molecular flexibility index (Phi) is 12.7. The quantitative estimate of drug-likeness (QED) is 0.210. The molecule has 11 heteroatoms. The number of rotatable bonds is 5. The molecule has 0 radical (unpaired) electrons. The van der Waals surface area contributed by atoms with Gasteiger partial charge in [-0.15, -0.1) is 0 Å². The standard InChI is InChI=1S/C15H13Cl2NOS.C13H8Cl3NOS/c1-10-2-7-14(13(17)8-10)18-15(19)20-9-11-3-5-12(16)6-4-11;14-8-1-4-10(5-2-8)19-13(18)17-12-6-3-9(15)7-11(12)16/h2-8H,9H2,1H3,(H,18,19);1-7H,(H,17,18). The van der Waals surface area contributed by atoms with Crippen molar-refractivity contribution >= 4 is 103 Å². The van der Waals surface area contributed by atoms with Crippen LogP contribution in [0.1, 0.15) is 11.1 Å². The summed E-state index contributed by atoms with van der Waals surface area (Å²) in [4.78, 5) is 24.5. The van der Waals surface area contributed by atoms with Crippen molar-refractivity contribution in [2.45, 2.75) is 17.6 Å². The number of aryl methyl sites for hydroxylation is 1. The van der Waals surface area contributed by atoms with E-state index < -0.39 is 0 Å². The van der Waals surface area contributed by atoms with Crippen LogP contribution in [0.2, 0.25) is 25.1 Å². The Labute approximate surface area is 260 Å². The first-order valence-electron chi connectivity index (χ1n) is 11.2. The van der Waals surface area contributed by atoms with E-state index in [-0.39, 0.29) is 10.5 Å². The highest BCUT2D eigenvalue weighted by molar-refractivity contribution is 8.14. The first-order valence-corrected chi connectivity index (χ1v) is 14.9. The van der Waals surface area contributed by atoms with Crippen molar-refractivity contribution in [1.29, 1.82) is 0 Å². The summed E-state index contributed by atoms with van der Waals surface area (Å²) in [5, 5.41) is 7.91. The Morgan fingerprint density at radius 2 is 1.15 bits per heavy atom. The highest BCUT2D eigenvalue weighted by Gasteiger charge is 2.09. The second-order valence-electron chi connectivity index (χ2n) is 7.90. The van der Waals surface area contributed by atoms with Crippen molar-refractivity contribution in [2.75, 3.05) is 10.6 Å². The summed E-state index contributed by atoms with van der Waals surface area (Å²) < 4.78 is 0. The van der Waals surface area contributed by atoms with Gasteiger partial charge in [-0.25, -0.2) is 0 Å². The fourth-order valence-corrected chi connectivity index (χ4v) is 5.24. The Morgan fingerprint density at radius 1 is 0.641 bits per heavy atom. The molecule has 0 bridgehead atoms. The van der Waals surface area contributed by atoms with E-state index >= 15 is 0 Å². The minimum Gasteiger partial charge on any atom is -0.315 e. The highest BCUT2D eigenvalue weighted by Crippen LogP contribution is 2.28. The third-order valence-corrected chi connectivity index (χ3v) is 7.84. The average Bonchev–Trinajstić information content (AvgIpc) is 2.89. The molecule has 0 atom stereocenters. The second kappa shape index (κ2) is 15.7. The summed E-state index contributed by atoms with van der Waals surface area (Å²) in [6, 6.07) is 24.9. The maximum atomic E-state index is 11.9. The van der Waals surface area contributed by atoms with E-state index in [2.05, 4.69) is 10.6 Å². The molecule has 2 N–H and O–H groups in total. The van der Waals surface area contributed by atoms with Crippen LogP contribution in [0, 0.1) is 6.92 Å². The van der Waals surface area contributed by atoms with Gasteiger partial charge in [-0.1, -0.05) is 88.0 Å². The van der Waals surface area contributed by atoms with Gasteiger partial charge in [0.15, 0.2) is 0 Å². The van der Waals surface area contributed by atoms with Crippen LogP contribution in [0.5, 0.6) is 0 Å². The van der Waals surface area contributed by atoms with E-state index in [9.17, 15) is 9.59 Å². The number of benzene rings is 4. The predicted molar refractivity (Wildman–Crippen MR) is 171 cm³/mol. The van der Waals surface area contributed by atoms with Gasteiger partial charge in [-0.05, 0) is 96.5 Å². The van der Waals surface area contributed by atoms with E-state index in [1.165, 1.54) is 11.8 Å². The molecule has 4 nitrogen and oxygen atoms in total. The molecule has 0 fully saturated rings. The number of carbonyl (C=O) groups excluding carboxylic acids is 2. The van der Waals surface area contributed by atoms with E-state index in [0.29, 0.717) is 42.2 Å². The van der Waals surface area contributed by atoms with Gasteiger partial charge in [0.25, 0.3) is 10.5 Å². The molecule has 4 aromatic carbocycles. The van der Waals surface area contributed by atoms with Gasteiger partial charge >= 0.3 is 0 Å². The van der Waals surface area contributed by atoms with Crippen LogP contribution in [-0.4, -0.2) is 10.5 Å². The molecule has 0 aromatic heterocycles. The smallest absolute Gasteiger partial charge is 0.288 e. The number of amides is 2. The van der Waals surface area contributed by atoms with Gasteiger partial charge in [0.05, 0.1) is 21.4 Å². The number of thioether (sulfide) groups is 2. The van der Waals surface area contributed by atoms with E-state index in [0.717, 1.165) is 27.8 Å². The molecular formula is C28H21Cl5N2O2S2. The Bertz CT molecular complexity index is 1440. The van der Waals surface area contributed by atoms with Gasteiger partial charge in [0.1, 0.15) is 0 Å². The van der Waals surface area contributed by atoms with Crippen molar-refractivity contribution < 1.29 is 9.59 Å². The van der Waals surface area contributed by atoms with Gasteiger partial charge in [0, 0.05) is 25.7 Å². The molecule has 39 heavy (non-hydrogen) atoms. The van der Waals surface area contributed by atoms with Crippen LogP contribution in [-0.2, 0) is 5.75 Å². The van der Waals surface area contributed by atoms with E-state index in [1.807, 2.05) is 43.3 Å². The van der Waals surface area contributed by atoms with E-state index in [1.54, 1.807) is 48.5 Å². The van der Waals surface area contributed by atoms with Crippen LogP contribution >= 0.6 is 81.5 Å². The van der Waals surface area contributed by atoms with Crippen molar-refractivity contribution in [2.24, 2.45) is 0 Å². The SMILES string of the molecule is Cc1ccc(NC(=O)SCc2ccc(Cl)cc2)c(Cl)c1.O=C(Nc1ccc(Cl)cc1Cl)Sc1ccc(Cl)cc1. The summed E-state index contributed by atoms with van der Waals surface area (Å²) in [5.74, 6) is 0.590. The first-order chi connectivity index (χ1) is 18.6.